The maximum atomic E-state index is 14.2. The summed E-state index contributed by atoms with van der Waals surface area (Å²) < 4.78 is 19.3. The molecule has 0 unspecified atom stereocenters. The second-order valence-electron chi connectivity index (χ2n) is 9.70. The van der Waals surface area contributed by atoms with E-state index in [-0.39, 0.29) is 55.7 Å². The van der Waals surface area contributed by atoms with E-state index < -0.39 is 17.1 Å². The molecule has 2 heterocycles. The van der Waals surface area contributed by atoms with Crippen molar-refractivity contribution in [3.05, 3.63) is 35.6 Å². The van der Waals surface area contributed by atoms with Gasteiger partial charge in [-0.3, -0.25) is 24.1 Å². The zero-order valence-corrected chi connectivity index (χ0v) is 19.8. The Hall–Kier alpha value is -2.77. The molecule has 0 aromatic heterocycles. The van der Waals surface area contributed by atoms with E-state index >= 15 is 0 Å². The minimum atomic E-state index is -1.43. The molecule has 0 N–H and O–H groups in total. The Morgan fingerprint density at radius 1 is 1.12 bits per heavy atom. The van der Waals surface area contributed by atoms with Crippen molar-refractivity contribution in [3.63, 3.8) is 0 Å². The van der Waals surface area contributed by atoms with Crippen LogP contribution in [0.15, 0.2) is 24.3 Å². The van der Waals surface area contributed by atoms with Gasteiger partial charge in [0.25, 0.3) is 0 Å². The Morgan fingerprint density at radius 3 is 2.56 bits per heavy atom. The van der Waals surface area contributed by atoms with Crippen molar-refractivity contribution in [1.29, 1.82) is 0 Å². The first-order chi connectivity index (χ1) is 16.4. The van der Waals surface area contributed by atoms with Crippen molar-refractivity contribution in [3.8, 4) is 0 Å². The van der Waals surface area contributed by atoms with E-state index in [0.717, 1.165) is 38.5 Å². The van der Waals surface area contributed by atoms with E-state index in [1.165, 1.54) is 23.1 Å². The predicted molar refractivity (Wildman–Crippen MR) is 122 cm³/mol. The van der Waals surface area contributed by atoms with Crippen LogP contribution in [0.4, 0.5) is 4.39 Å². The number of amides is 3. The number of carbonyl (C=O) groups excluding carboxylic acids is 4. The SMILES string of the molecule is CCOC(=O)C[C@H]1CCCCN1C(=O)C[C@]1(c2cccc(F)c2)CC(=O)N(C2CCCC2)C1=O. The summed E-state index contributed by atoms with van der Waals surface area (Å²) in [4.78, 5) is 55.7. The van der Waals surface area contributed by atoms with Gasteiger partial charge in [-0.1, -0.05) is 25.0 Å². The molecule has 2 atom stereocenters. The van der Waals surface area contributed by atoms with E-state index in [1.54, 1.807) is 17.9 Å². The minimum absolute atomic E-state index is 0.105. The molecule has 7 nitrogen and oxygen atoms in total. The lowest BCUT2D eigenvalue weighted by atomic mass is 9.75. The van der Waals surface area contributed by atoms with Crippen molar-refractivity contribution in [1.82, 2.24) is 9.80 Å². The summed E-state index contributed by atoms with van der Waals surface area (Å²) in [7, 11) is 0. The smallest absolute Gasteiger partial charge is 0.307 e. The van der Waals surface area contributed by atoms with E-state index in [2.05, 4.69) is 0 Å². The number of hydrogen-bond donors (Lipinski definition) is 0. The monoisotopic (exact) mass is 472 g/mol. The van der Waals surface area contributed by atoms with Crippen LogP contribution in [0.3, 0.4) is 0 Å². The third-order valence-corrected chi connectivity index (χ3v) is 7.53. The van der Waals surface area contributed by atoms with Gasteiger partial charge in [-0.25, -0.2) is 4.39 Å². The van der Waals surface area contributed by atoms with Gasteiger partial charge < -0.3 is 9.64 Å². The van der Waals surface area contributed by atoms with E-state index in [4.69, 9.17) is 4.74 Å². The highest BCUT2D eigenvalue weighted by Gasteiger charge is 2.56. The molecule has 1 aliphatic carbocycles. The van der Waals surface area contributed by atoms with Crippen LogP contribution in [-0.2, 0) is 29.3 Å². The fraction of sp³-hybridized carbons (Fsp3) is 0.615. The average molecular weight is 473 g/mol. The highest BCUT2D eigenvalue weighted by molar-refractivity contribution is 6.11. The summed E-state index contributed by atoms with van der Waals surface area (Å²) in [5, 5.41) is 0. The Morgan fingerprint density at radius 2 is 1.85 bits per heavy atom. The van der Waals surface area contributed by atoms with Crippen molar-refractivity contribution in [2.24, 2.45) is 0 Å². The zero-order chi connectivity index (χ0) is 24.3. The second kappa shape index (κ2) is 10.2. The van der Waals surface area contributed by atoms with Gasteiger partial charge in [0.2, 0.25) is 17.7 Å². The fourth-order valence-corrected chi connectivity index (χ4v) is 5.86. The number of hydrogen-bond acceptors (Lipinski definition) is 5. The van der Waals surface area contributed by atoms with E-state index in [9.17, 15) is 23.6 Å². The lowest BCUT2D eigenvalue weighted by Crippen LogP contribution is -2.49. The molecule has 34 heavy (non-hydrogen) atoms. The molecule has 2 aliphatic heterocycles. The highest BCUT2D eigenvalue weighted by atomic mass is 19.1. The molecule has 4 rings (SSSR count). The van der Waals surface area contributed by atoms with Crippen LogP contribution in [0.2, 0.25) is 0 Å². The van der Waals surface area contributed by atoms with Gasteiger partial charge in [0.1, 0.15) is 5.82 Å². The standard InChI is InChI=1S/C26H33FN2O5/c1-2-34-24(32)15-21-12-5-6-13-28(21)22(30)16-26(18-8-7-9-19(27)14-18)17-23(31)29(25(26)33)20-10-3-4-11-20/h7-9,14,20-21H,2-6,10-13,15-17H2,1H3/t21-,26-/m1/s1. The molecule has 8 heteroatoms. The molecule has 3 aliphatic rings. The minimum Gasteiger partial charge on any atom is -0.466 e. The molecule has 1 aromatic rings. The van der Waals surface area contributed by atoms with Crippen molar-refractivity contribution >= 4 is 23.7 Å². The Kier molecular flexibility index (Phi) is 7.33. The van der Waals surface area contributed by atoms with Crippen LogP contribution in [0.1, 0.15) is 76.7 Å². The van der Waals surface area contributed by atoms with Gasteiger partial charge in [-0.15, -0.1) is 0 Å². The number of benzene rings is 1. The molecule has 1 aromatic carbocycles. The quantitative estimate of drug-likeness (QED) is 0.448. The van der Waals surface area contributed by atoms with Gasteiger partial charge in [0.15, 0.2) is 0 Å². The first kappa shape index (κ1) is 24.4. The largest absolute Gasteiger partial charge is 0.466 e. The number of rotatable bonds is 7. The third-order valence-electron chi connectivity index (χ3n) is 7.53. The Labute approximate surface area is 199 Å². The molecule has 0 radical (unpaired) electrons. The lowest BCUT2D eigenvalue weighted by Gasteiger charge is -2.38. The number of imide groups is 1. The Balaban J connectivity index is 1.64. The van der Waals surface area contributed by atoms with Crippen LogP contribution in [0, 0.1) is 5.82 Å². The summed E-state index contributed by atoms with van der Waals surface area (Å²) in [5.74, 6) is -1.85. The van der Waals surface area contributed by atoms with Crippen molar-refractivity contribution < 1.29 is 28.3 Å². The van der Waals surface area contributed by atoms with E-state index in [1.807, 2.05) is 0 Å². The number of piperidine rings is 1. The van der Waals surface area contributed by atoms with Crippen molar-refractivity contribution in [2.75, 3.05) is 13.2 Å². The summed E-state index contributed by atoms with van der Waals surface area (Å²) in [6, 6.07) is 5.24. The molecule has 0 bridgehead atoms. The molecule has 0 spiro atoms. The maximum absolute atomic E-state index is 14.2. The number of carbonyl (C=O) groups is 4. The van der Waals surface area contributed by atoms with Gasteiger partial charge in [0, 0.05) is 31.5 Å². The van der Waals surface area contributed by atoms with E-state index in [0.29, 0.717) is 18.5 Å². The summed E-state index contributed by atoms with van der Waals surface area (Å²) in [5.41, 5.74) is -1.07. The van der Waals surface area contributed by atoms with Gasteiger partial charge in [0.05, 0.1) is 18.4 Å². The number of ether oxygens (including phenoxy) is 1. The number of esters is 1. The van der Waals surface area contributed by atoms with Crippen LogP contribution in [-0.4, -0.2) is 58.7 Å². The van der Waals surface area contributed by atoms with Crippen molar-refractivity contribution in [2.45, 2.75) is 88.6 Å². The number of halogens is 1. The molecule has 3 fully saturated rings. The molecule has 184 valence electrons. The molecular formula is C26H33FN2O5. The summed E-state index contributed by atoms with van der Waals surface area (Å²) in [6.07, 6.45) is 5.56. The van der Waals surface area contributed by atoms with Gasteiger partial charge >= 0.3 is 5.97 Å². The first-order valence-electron chi connectivity index (χ1n) is 12.4. The van der Waals surface area contributed by atoms with Crippen LogP contribution in [0.5, 0.6) is 0 Å². The summed E-state index contributed by atoms with van der Waals surface area (Å²) in [6.45, 7) is 2.50. The fourth-order valence-electron chi connectivity index (χ4n) is 5.86. The first-order valence-corrected chi connectivity index (χ1v) is 12.4. The molecule has 2 saturated heterocycles. The van der Waals surface area contributed by atoms with Gasteiger partial charge in [-0.2, -0.15) is 0 Å². The molecular weight excluding hydrogens is 439 g/mol. The van der Waals surface area contributed by atoms with Crippen LogP contribution < -0.4 is 0 Å². The maximum Gasteiger partial charge on any atom is 0.307 e. The van der Waals surface area contributed by atoms with Crippen LogP contribution >= 0.6 is 0 Å². The average Bonchev–Trinajstić information content (AvgIpc) is 3.41. The third kappa shape index (κ3) is 4.72. The molecule has 3 amide bonds. The summed E-state index contributed by atoms with van der Waals surface area (Å²) >= 11 is 0. The van der Waals surface area contributed by atoms with Gasteiger partial charge in [-0.05, 0) is 56.7 Å². The number of nitrogens with zero attached hydrogens (tertiary/aromatic N) is 2. The van der Waals surface area contributed by atoms with Crippen LogP contribution in [0.25, 0.3) is 0 Å². The predicted octanol–water partition coefficient (Wildman–Crippen LogP) is 3.49. The normalized spacial score (nSPS) is 25.8. The second-order valence-corrected chi connectivity index (χ2v) is 9.70. The number of likely N-dealkylation sites (tertiary alicyclic amines) is 2. The molecule has 1 saturated carbocycles. The highest BCUT2D eigenvalue weighted by Crippen LogP contribution is 2.43. The lowest BCUT2D eigenvalue weighted by molar-refractivity contribution is -0.149. The topological polar surface area (TPSA) is 84.0 Å². The Bertz CT molecular complexity index is 960. The zero-order valence-electron chi connectivity index (χ0n) is 19.8.